The first-order valence-electron chi connectivity index (χ1n) is 6.41. The second-order valence-electron chi connectivity index (χ2n) is 4.53. The smallest absolute Gasteiger partial charge is 0.348 e. The summed E-state index contributed by atoms with van der Waals surface area (Å²) >= 11 is 6.56. The lowest BCUT2D eigenvalue weighted by Crippen LogP contribution is -2.34. The number of ether oxygens (including phenoxy) is 1. The van der Waals surface area contributed by atoms with E-state index in [2.05, 4.69) is 15.5 Å². The standard InChI is InChI=1S/C13H21N3O2S2/c1-5-18-12(17)11-9(2)8-10(20-11)15-13(19)14-6-7-16(3)4/h8H,5-7H2,1-4H3,(H2,14,15,19). The van der Waals surface area contributed by atoms with Gasteiger partial charge in [0.15, 0.2) is 5.11 Å². The van der Waals surface area contributed by atoms with E-state index >= 15 is 0 Å². The number of nitrogens with zero attached hydrogens (tertiary/aromatic N) is 1. The van der Waals surface area contributed by atoms with Crippen molar-refractivity contribution in [3.8, 4) is 0 Å². The van der Waals surface area contributed by atoms with E-state index in [9.17, 15) is 4.79 Å². The molecule has 1 aromatic heterocycles. The van der Waals surface area contributed by atoms with Crippen molar-refractivity contribution in [1.29, 1.82) is 0 Å². The minimum Gasteiger partial charge on any atom is -0.462 e. The summed E-state index contributed by atoms with van der Waals surface area (Å²) in [7, 11) is 4.01. The molecule has 5 nitrogen and oxygen atoms in total. The molecular formula is C13H21N3O2S2. The molecule has 0 aromatic carbocycles. The molecule has 1 rings (SSSR count). The number of rotatable bonds is 6. The normalized spacial score (nSPS) is 10.4. The zero-order chi connectivity index (χ0) is 15.1. The first-order chi connectivity index (χ1) is 9.43. The molecule has 0 aliphatic rings. The molecule has 0 saturated carbocycles. The highest BCUT2D eigenvalue weighted by atomic mass is 32.1. The van der Waals surface area contributed by atoms with Gasteiger partial charge in [-0.3, -0.25) is 0 Å². The molecule has 7 heteroatoms. The zero-order valence-electron chi connectivity index (χ0n) is 12.3. The third-order valence-electron chi connectivity index (χ3n) is 2.46. The van der Waals surface area contributed by atoms with Crippen LogP contribution in [-0.4, -0.2) is 49.8 Å². The summed E-state index contributed by atoms with van der Waals surface area (Å²) < 4.78 is 5.01. The van der Waals surface area contributed by atoms with E-state index in [0.29, 0.717) is 16.6 Å². The molecule has 0 spiro atoms. The molecule has 0 saturated heterocycles. The van der Waals surface area contributed by atoms with Crippen LogP contribution in [0.3, 0.4) is 0 Å². The Balaban J connectivity index is 2.54. The Hall–Kier alpha value is -1.18. The Morgan fingerprint density at radius 3 is 2.80 bits per heavy atom. The van der Waals surface area contributed by atoms with Crippen molar-refractivity contribution < 1.29 is 9.53 Å². The highest BCUT2D eigenvalue weighted by Gasteiger charge is 2.14. The second-order valence-corrected chi connectivity index (χ2v) is 5.99. The molecule has 0 fully saturated rings. The van der Waals surface area contributed by atoms with Crippen molar-refractivity contribution in [2.75, 3.05) is 39.1 Å². The fourth-order valence-electron chi connectivity index (χ4n) is 1.49. The average Bonchev–Trinajstić information content (AvgIpc) is 2.70. The SMILES string of the molecule is CCOC(=O)c1sc(NC(=S)NCCN(C)C)cc1C. The number of likely N-dealkylation sites (N-methyl/N-ethyl adjacent to an activating group) is 1. The van der Waals surface area contributed by atoms with Gasteiger partial charge in [0.2, 0.25) is 0 Å². The van der Waals surface area contributed by atoms with Crippen LogP contribution < -0.4 is 10.6 Å². The van der Waals surface area contributed by atoms with E-state index in [4.69, 9.17) is 17.0 Å². The summed E-state index contributed by atoms with van der Waals surface area (Å²) in [6, 6.07) is 1.90. The molecule has 0 unspecified atom stereocenters. The number of esters is 1. The van der Waals surface area contributed by atoms with Gasteiger partial charge in [-0.15, -0.1) is 11.3 Å². The topological polar surface area (TPSA) is 53.6 Å². The predicted molar refractivity (Wildman–Crippen MR) is 87.8 cm³/mol. The molecule has 112 valence electrons. The minimum absolute atomic E-state index is 0.283. The van der Waals surface area contributed by atoms with Crippen LogP contribution in [0.4, 0.5) is 5.00 Å². The number of carbonyl (C=O) groups excluding carboxylic acids is 1. The highest BCUT2D eigenvalue weighted by Crippen LogP contribution is 2.27. The van der Waals surface area contributed by atoms with Crippen LogP contribution in [0.5, 0.6) is 0 Å². The maximum absolute atomic E-state index is 11.7. The van der Waals surface area contributed by atoms with Crippen LogP contribution in [0.1, 0.15) is 22.2 Å². The number of nitrogens with one attached hydrogen (secondary N) is 2. The molecule has 0 radical (unpaired) electrons. The first-order valence-corrected chi connectivity index (χ1v) is 7.63. The Bertz CT molecular complexity index is 472. The molecule has 2 N–H and O–H groups in total. The van der Waals surface area contributed by atoms with Gasteiger partial charge in [-0.25, -0.2) is 4.79 Å². The van der Waals surface area contributed by atoms with Crippen LogP contribution in [0.15, 0.2) is 6.07 Å². The van der Waals surface area contributed by atoms with Gasteiger partial charge in [0, 0.05) is 13.1 Å². The number of hydrogen-bond donors (Lipinski definition) is 2. The van der Waals surface area contributed by atoms with Crippen molar-refractivity contribution in [3.63, 3.8) is 0 Å². The quantitative estimate of drug-likeness (QED) is 0.619. The number of thiophene rings is 1. The molecule has 0 amide bonds. The van der Waals surface area contributed by atoms with E-state index in [0.717, 1.165) is 23.7 Å². The Morgan fingerprint density at radius 1 is 1.50 bits per heavy atom. The molecular weight excluding hydrogens is 294 g/mol. The number of hydrogen-bond acceptors (Lipinski definition) is 5. The maximum Gasteiger partial charge on any atom is 0.348 e. The molecule has 0 bridgehead atoms. The predicted octanol–water partition coefficient (Wildman–Crippen LogP) is 2.08. The van der Waals surface area contributed by atoms with Gasteiger partial charge in [-0.05, 0) is 51.8 Å². The van der Waals surface area contributed by atoms with Gasteiger partial charge in [0.05, 0.1) is 11.6 Å². The third-order valence-corrected chi connectivity index (χ3v) is 3.84. The summed E-state index contributed by atoms with van der Waals surface area (Å²) in [5.74, 6) is -0.283. The number of aryl methyl sites for hydroxylation is 1. The van der Waals surface area contributed by atoms with Crippen LogP contribution in [0.2, 0.25) is 0 Å². The lowest BCUT2D eigenvalue weighted by Gasteiger charge is -2.12. The van der Waals surface area contributed by atoms with Gasteiger partial charge in [-0.2, -0.15) is 0 Å². The van der Waals surface area contributed by atoms with E-state index < -0.39 is 0 Å². The lowest BCUT2D eigenvalue weighted by molar-refractivity contribution is 0.0531. The number of thiocarbonyl (C=S) groups is 1. The van der Waals surface area contributed by atoms with Gasteiger partial charge < -0.3 is 20.3 Å². The average molecular weight is 315 g/mol. The van der Waals surface area contributed by atoms with Gasteiger partial charge in [-0.1, -0.05) is 0 Å². The highest BCUT2D eigenvalue weighted by molar-refractivity contribution is 7.80. The number of anilines is 1. The second kappa shape index (κ2) is 8.18. The Kier molecular flexibility index (Phi) is 6.90. The van der Waals surface area contributed by atoms with Crippen LogP contribution in [0, 0.1) is 6.92 Å². The number of carbonyl (C=O) groups is 1. The fourth-order valence-corrected chi connectivity index (χ4v) is 2.74. The van der Waals surface area contributed by atoms with E-state index in [1.165, 1.54) is 11.3 Å². The summed E-state index contributed by atoms with van der Waals surface area (Å²) in [5.41, 5.74) is 0.895. The zero-order valence-corrected chi connectivity index (χ0v) is 13.9. The third kappa shape index (κ3) is 5.44. The van der Waals surface area contributed by atoms with Crippen molar-refractivity contribution in [2.45, 2.75) is 13.8 Å². The summed E-state index contributed by atoms with van der Waals surface area (Å²) in [4.78, 5) is 14.4. The van der Waals surface area contributed by atoms with E-state index in [1.807, 2.05) is 27.1 Å². The van der Waals surface area contributed by atoms with Crippen LogP contribution in [0.25, 0.3) is 0 Å². The summed E-state index contributed by atoms with van der Waals surface area (Å²) in [5, 5.41) is 7.60. The lowest BCUT2D eigenvalue weighted by atomic mass is 10.3. The molecule has 0 aliphatic heterocycles. The Labute approximate surface area is 129 Å². The Morgan fingerprint density at radius 2 is 2.20 bits per heavy atom. The molecule has 1 aromatic rings. The first kappa shape index (κ1) is 16.9. The van der Waals surface area contributed by atoms with Crippen molar-refractivity contribution >= 4 is 39.6 Å². The largest absolute Gasteiger partial charge is 0.462 e. The van der Waals surface area contributed by atoms with Gasteiger partial charge in [0.1, 0.15) is 4.88 Å². The summed E-state index contributed by atoms with van der Waals surface area (Å²) in [6.45, 7) is 5.73. The minimum atomic E-state index is -0.283. The van der Waals surface area contributed by atoms with E-state index in [-0.39, 0.29) is 5.97 Å². The van der Waals surface area contributed by atoms with Crippen molar-refractivity contribution in [3.05, 3.63) is 16.5 Å². The van der Waals surface area contributed by atoms with Crippen LogP contribution in [-0.2, 0) is 4.74 Å². The monoisotopic (exact) mass is 315 g/mol. The van der Waals surface area contributed by atoms with Crippen molar-refractivity contribution in [1.82, 2.24) is 10.2 Å². The molecule has 20 heavy (non-hydrogen) atoms. The summed E-state index contributed by atoms with van der Waals surface area (Å²) in [6.07, 6.45) is 0. The van der Waals surface area contributed by atoms with Gasteiger partial charge >= 0.3 is 5.97 Å². The van der Waals surface area contributed by atoms with Gasteiger partial charge in [0.25, 0.3) is 0 Å². The van der Waals surface area contributed by atoms with Crippen molar-refractivity contribution in [2.24, 2.45) is 0 Å². The fraction of sp³-hybridized carbons (Fsp3) is 0.538. The van der Waals surface area contributed by atoms with Crippen LogP contribution >= 0.6 is 23.6 Å². The molecule has 1 heterocycles. The maximum atomic E-state index is 11.7. The molecule has 0 atom stereocenters. The van der Waals surface area contributed by atoms with E-state index in [1.54, 1.807) is 6.92 Å². The molecule has 0 aliphatic carbocycles.